The molecule has 4 rings (SSSR count). The minimum absolute atomic E-state index is 0.116. The van der Waals surface area contributed by atoms with Crippen molar-refractivity contribution in [3.05, 3.63) is 35.7 Å². The molecule has 0 aliphatic heterocycles. The summed E-state index contributed by atoms with van der Waals surface area (Å²) in [6.07, 6.45) is 9.47. The van der Waals surface area contributed by atoms with Crippen LogP contribution in [-0.4, -0.2) is 14.7 Å². The summed E-state index contributed by atoms with van der Waals surface area (Å²) in [6, 6.07) is 5.10. The molecule has 5 heteroatoms. The van der Waals surface area contributed by atoms with Crippen LogP contribution in [0.4, 0.5) is 0 Å². The van der Waals surface area contributed by atoms with Gasteiger partial charge in [0.25, 0.3) is 0 Å². The molecule has 2 aliphatic carbocycles. The molecule has 2 aromatic heterocycles. The van der Waals surface area contributed by atoms with Gasteiger partial charge in [0.15, 0.2) is 5.82 Å². The molecule has 2 saturated carbocycles. The summed E-state index contributed by atoms with van der Waals surface area (Å²) in [5.41, 5.74) is 1.25. The van der Waals surface area contributed by atoms with Crippen molar-refractivity contribution in [1.82, 2.24) is 20.0 Å². The molecule has 0 saturated heterocycles. The Morgan fingerprint density at radius 2 is 2.13 bits per heavy atom. The van der Waals surface area contributed by atoms with E-state index in [0.29, 0.717) is 0 Å². The van der Waals surface area contributed by atoms with Crippen LogP contribution in [0, 0.1) is 0 Å². The zero-order valence-electron chi connectivity index (χ0n) is 14.1. The molecule has 0 aromatic carbocycles. The van der Waals surface area contributed by atoms with Gasteiger partial charge in [-0.1, -0.05) is 31.8 Å². The Bertz CT molecular complexity index is 662. The van der Waals surface area contributed by atoms with Crippen molar-refractivity contribution in [2.75, 3.05) is 0 Å². The highest BCUT2D eigenvalue weighted by molar-refractivity contribution is 5.14. The maximum atomic E-state index is 5.47. The Kier molecular flexibility index (Phi) is 3.76. The second-order valence-electron chi connectivity index (χ2n) is 7.39. The number of rotatable bonds is 6. The molecule has 0 amide bonds. The van der Waals surface area contributed by atoms with Gasteiger partial charge in [-0.05, 0) is 37.8 Å². The molecule has 0 radical (unpaired) electrons. The largest absolute Gasteiger partial charge is 0.347 e. The third-order valence-electron chi connectivity index (χ3n) is 5.24. The van der Waals surface area contributed by atoms with Crippen LogP contribution in [-0.2, 0) is 12.1 Å². The molecular weight excluding hydrogens is 288 g/mol. The highest BCUT2D eigenvalue weighted by Gasteiger charge is 2.40. The molecule has 0 unspecified atom stereocenters. The highest BCUT2D eigenvalue weighted by Crippen LogP contribution is 2.39. The SMILES string of the molecule is CC(C)c1nc(C2(NCc3cccn3C3CC3)CCCC2)no1. The Hall–Kier alpha value is -1.62. The lowest BCUT2D eigenvalue weighted by atomic mass is 9.96. The van der Waals surface area contributed by atoms with Crippen LogP contribution >= 0.6 is 0 Å². The highest BCUT2D eigenvalue weighted by atomic mass is 16.5. The van der Waals surface area contributed by atoms with Crippen LogP contribution in [0.5, 0.6) is 0 Å². The van der Waals surface area contributed by atoms with Gasteiger partial charge in [0.2, 0.25) is 5.89 Å². The molecule has 2 heterocycles. The molecule has 2 aliphatic rings. The number of aromatic nitrogens is 3. The van der Waals surface area contributed by atoms with Gasteiger partial charge in [-0.25, -0.2) is 0 Å². The van der Waals surface area contributed by atoms with E-state index in [1.54, 1.807) is 0 Å². The summed E-state index contributed by atoms with van der Waals surface area (Å²) in [5, 5.41) is 8.09. The van der Waals surface area contributed by atoms with Crippen LogP contribution in [0.15, 0.2) is 22.9 Å². The second-order valence-corrected chi connectivity index (χ2v) is 7.39. The van der Waals surface area contributed by atoms with E-state index in [-0.39, 0.29) is 11.5 Å². The molecular formula is C18H26N4O. The summed E-state index contributed by atoms with van der Waals surface area (Å²) in [5.74, 6) is 1.87. The fourth-order valence-corrected chi connectivity index (χ4v) is 3.67. The van der Waals surface area contributed by atoms with Gasteiger partial charge < -0.3 is 9.09 Å². The molecule has 0 bridgehead atoms. The van der Waals surface area contributed by atoms with Gasteiger partial charge in [0, 0.05) is 30.4 Å². The van der Waals surface area contributed by atoms with Gasteiger partial charge in [-0.2, -0.15) is 4.98 Å². The topological polar surface area (TPSA) is 55.9 Å². The van der Waals surface area contributed by atoms with Gasteiger partial charge in [-0.15, -0.1) is 0 Å². The Balaban J connectivity index is 1.53. The van der Waals surface area contributed by atoms with Crippen LogP contribution in [0.25, 0.3) is 0 Å². The van der Waals surface area contributed by atoms with Crippen molar-refractivity contribution >= 4 is 0 Å². The first-order valence-corrected chi connectivity index (χ1v) is 8.93. The van der Waals surface area contributed by atoms with Crippen LogP contribution in [0.1, 0.15) is 81.7 Å². The first-order chi connectivity index (χ1) is 11.2. The predicted molar refractivity (Wildman–Crippen MR) is 88.1 cm³/mol. The smallest absolute Gasteiger partial charge is 0.229 e. The number of hydrogen-bond acceptors (Lipinski definition) is 4. The second kappa shape index (κ2) is 5.78. The van der Waals surface area contributed by atoms with Crippen molar-refractivity contribution in [3.8, 4) is 0 Å². The molecule has 1 N–H and O–H groups in total. The zero-order valence-corrected chi connectivity index (χ0v) is 14.1. The lowest BCUT2D eigenvalue weighted by Crippen LogP contribution is -2.40. The summed E-state index contributed by atoms with van der Waals surface area (Å²) in [4.78, 5) is 4.69. The normalized spacial score (nSPS) is 20.5. The average molecular weight is 314 g/mol. The summed E-state index contributed by atoms with van der Waals surface area (Å²) >= 11 is 0. The van der Waals surface area contributed by atoms with E-state index in [0.717, 1.165) is 37.1 Å². The third kappa shape index (κ3) is 2.82. The first-order valence-electron chi connectivity index (χ1n) is 8.93. The Morgan fingerprint density at radius 1 is 1.35 bits per heavy atom. The van der Waals surface area contributed by atoms with Gasteiger partial charge in [-0.3, -0.25) is 5.32 Å². The monoisotopic (exact) mass is 314 g/mol. The molecule has 2 aromatic rings. The average Bonchev–Trinajstić information content (AvgIpc) is 3.01. The quantitative estimate of drug-likeness (QED) is 0.879. The first kappa shape index (κ1) is 14.9. The number of nitrogens with zero attached hydrogens (tertiary/aromatic N) is 3. The van der Waals surface area contributed by atoms with E-state index in [1.165, 1.54) is 31.4 Å². The standard InChI is InChI=1S/C18H26N4O/c1-13(2)16-20-17(21-23-16)18(9-3-4-10-18)19-12-15-6-5-11-22(15)14-7-8-14/h5-6,11,13-14,19H,3-4,7-10,12H2,1-2H3. The fraction of sp³-hybridized carbons (Fsp3) is 0.667. The lowest BCUT2D eigenvalue weighted by Gasteiger charge is -2.27. The maximum Gasteiger partial charge on any atom is 0.229 e. The minimum Gasteiger partial charge on any atom is -0.347 e. The molecule has 2 fully saturated rings. The van der Waals surface area contributed by atoms with Crippen molar-refractivity contribution in [1.29, 1.82) is 0 Å². The Labute approximate surface area is 137 Å². The third-order valence-corrected chi connectivity index (χ3v) is 5.24. The minimum atomic E-state index is -0.116. The van der Waals surface area contributed by atoms with Crippen molar-refractivity contribution in [3.63, 3.8) is 0 Å². The molecule has 0 atom stereocenters. The summed E-state index contributed by atoms with van der Waals surface area (Å²) in [6.45, 7) is 5.05. The maximum absolute atomic E-state index is 5.47. The molecule has 0 spiro atoms. The van der Waals surface area contributed by atoms with E-state index < -0.39 is 0 Å². The number of hydrogen-bond donors (Lipinski definition) is 1. The van der Waals surface area contributed by atoms with E-state index >= 15 is 0 Å². The van der Waals surface area contributed by atoms with Crippen LogP contribution in [0.2, 0.25) is 0 Å². The van der Waals surface area contributed by atoms with Crippen LogP contribution in [0.3, 0.4) is 0 Å². The van der Waals surface area contributed by atoms with Gasteiger partial charge >= 0.3 is 0 Å². The summed E-state index contributed by atoms with van der Waals surface area (Å²) < 4.78 is 7.89. The molecule has 23 heavy (non-hydrogen) atoms. The van der Waals surface area contributed by atoms with Crippen molar-refractivity contribution in [2.45, 2.75) is 76.4 Å². The predicted octanol–water partition coefficient (Wildman–Crippen LogP) is 3.89. The van der Waals surface area contributed by atoms with E-state index in [9.17, 15) is 0 Å². The fourth-order valence-electron chi connectivity index (χ4n) is 3.67. The van der Waals surface area contributed by atoms with E-state index in [2.05, 4.69) is 52.2 Å². The zero-order chi connectivity index (χ0) is 15.9. The van der Waals surface area contributed by atoms with Crippen molar-refractivity contribution < 1.29 is 4.52 Å². The van der Waals surface area contributed by atoms with Gasteiger partial charge in [0.1, 0.15) is 0 Å². The van der Waals surface area contributed by atoms with E-state index in [4.69, 9.17) is 4.52 Å². The van der Waals surface area contributed by atoms with Gasteiger partial charge in [0.05, 0.1) is 5.54 Å². The molecule has 5 nitrogen and oxygen atoms in total. The van der Waals surface area contributed by atoms with Crippen molar-refractivity contribution in [2.24, 2.45) is 0 Å². The molecule has 124 valence electrons. The Morgan fingerprint density at radius 3 is 2.78 bits per heavy atom. The number of nitrogens with one attached hydrogen (secondary N) is 1. The van der Waals surface area contributed by atoms with Crippen LogP contribution < -0.4 is 5.32 Å². The lowest BCUT2D eigenvalue weighted by molar-refractivity contribution is 0.292. The summed E-state index contributed by atoms with van der Waals surface area (Å²) in [7, 11) is 0. The van der Waals surface area contributed by atoms with E-state index in [1.807, 2.05) is 0 Å².